The van der Waals surface area contributed by atoms with Crippen LogP contribution < -0.4 is 14.8 Å². The first-order valence-electron chi connectivity index (χ1n) is 6.83. The van der Waals surface area contributed by atoms with Crippen molar-refractivity contribution >= 4 is 24.2 Å². The molecule has 1 heterocycles. The third kappa shape index (κ3) is 4.19. The van der Waals surface area contributed by atoms with Crippen LogP contribution in [0.3, 0.4) is 0 Å². The Morgan fingerprint density at radius 3 is 2.74 bits per heavy atom. The Morgan fingerprint density at radius 1 is 1.39 bits per heavy atom. The van der Waals surface area contributed by atoms with Crippen molar-refractivity contribution in [2.45, 2.75) is 6.54 Å². The average molecular weight is 334 g/mol. The van der Waals surface area contributed by atoms with Crippen LogP contribution in [0, 0.1) is 4.77 Å². The molecule has 0 aliphatic carbocycles. The maximum atomic E-state index is 11.9. The Balaban J connectivity index is 1.98. The first kappa shape index (κ1) is 16.8. The lowest BCUT2D eigenvalue weighted by atomic mass is 10.2. The molecule has 0 atom stereocenters. The van der Waals surface area contributed by atoms with E-state index >= 15 is 0 Å². The number of amides is 1. The van der Waals surface area contributed by atoms with Crippen molar-refractivity contribution in [2.24, 2.45) is 7.05 Å². The largest absolute Gasteiger partial charge is 0.493 e. The molecule has 1 aromatic heterocycles. The monoisotopic (exact) mass is 334 g/mol. The molecule has 0 spiro atoms. The molecule has 0 aliphatic heterocycles. The Morgan fingerprint density at radius 2 is 2.13 bits per heavy atom. The third-order valence-electron chi connectivity index (χ3n) is 3.23. The summed E-state index contributed by atoms with van der Waals surface area (Å²) in [7, 11) is 4.92. The van der Waals surface area contributed by atoms with Gasteiger partial charge in [0.05, 0.1) is 20.8 Å². The molecule has 2 rings (SSSR count). The first-order chi connectivity index (χ1) is 11.0. The minimum Gasteiger partial charge on any atom is -0.493 e. The molecule has 0 unspecified atom stereocenters. The number of carbonyl (C=O) groups excluding carboxylic acids is 1. The van der Waals surface area contributed by atoms with Crippen LogP contribution in [0.1, 0.15) is 11.4 Å². The molecule has 0 aliphatic rings. The predicted molar refractivity (Wildman–Crippen MR) is 88.8 cm³/mol. The summed E-state index contributed by atoms with van der Waals surface area (Å²) in [5, 5.41) is 9.43. The Kier molecular flexibility index (Phi) is 5.53. The van der Waals surface area contributed by atoms with Gasteiger partial charge in [0.15, 0.2) is 22.1 Å². The van der Waals surface area contributed by atoms with Crippen LogP contribution >= 0.6 is 12.2 Å². The second-order valence-electron chi connectivity index (χ2n) is 4.67. The maximum Gasteiger partial charge on any atom is 0.244 e. The molecule has 23 heavy (non-hydrogen) atoms. The summed E-state index contributed by atoms with van der Waals surface area (Å²) in [6.07, 6.45) is 3.14. The Hall–Kier alpha value is -2.61. The lowest BCUT2D eigenvalue weighted by Gasteiger charge is -2.07. The lowest BCUT2D eigenvalue weighted by molar-refractivity contribution is -0.116. The zero-order valence-corrected chi connectivity index (χ0v) is 13.9. The second kappa shape index (κ2) is 7.59. The molecule has 1 aromatic carbocycles. The van der Waals surface area contributed by atoms with Crippen molar-refractivity contribution in [2.75, 3.05) is 14.2 Å². The van der Waals surface area contributed by atoms with Gasteiger partial charge in [-0.05, 0) is 36.0 Å². The van der Waals surface area contributed by atoms with Crippen molar-refractivity contribution < 1.29 is 14.3 Å². The highest BCUT2D eigenvalue weighted by atomic mass is 32.1. The normalized spacial score (nSPS) is 10.7. The van der Waals surface area contributed by atoms with Gasteiger partial charge in [0, 0.05) is 13.1 Å². The highest BCUT2D eigenvalue weighted by molar-refractivity contribution is 7.71. The molecule has 0 radical (unpaired) electrons. The van der Waals surface area contributed by atoms with Crippen molar-refractivity contribution in [1.82, 2.24) is 20.1 Å². The van der Waals surface area contributed by atoms with Crippen LogP contribution in [-0.4, -0.2) is 34.9 Å². The SMILES string of the molecule is COc1ccc(C=CC(=O)NCc2n[nH]c(=S)n2C)cc1OC. The van der Waals surface area contributed by atoms with Crippen molar-refractivity contribution in [3.8, 4) is 11.5 Å². The molecule has 122 valence electrons. The van der Waals surface area contributed by atoms with Crippen LogP contribution in [-0.2, 0) is 18.4 Å². The van der Waals surface area contributed by atoms with E-state index in [1.165, 1.54) is 6.08 Å². The van der Waals surface area contributed by atoms with Crippen LogP contribution in [0.25, 0.3) is 6.08 Å². The van der Waals surface area contributed by atoms with E-state index in [0.29, 0.717) is 28.6 Å². The fraction of sp³-hybridized carbons (Fsp3) is 0.267. The van der Waals surface area contributed by atoms with E-state index in [1.807, 2.05) is 6.07 Å². The van der Waals surface area contributed by atoms with E-state index in [4.69, 9.17) is 21.7 Å². The summed E-state index contributed by atoms with van der Waals surface area (Å²) in [6, 6.07) is 5.41. The standard InChI is InChI=1S/C15H18N4O3S/c1-19-13(17-18-15(19)23)9-16-14(20)7-5-10-4-6-11(21-2)12(8-10)22-3/h4-8H,9H2,1-3H3,(H,16,20)(H,18,23). The number of carbonyl (C=O) groups is 1. The minimum absolute atomic E-state index is 0.228. The van der Waals surface area contributed by atoms with Gasteiger partial charge in [0.2, 0.25) is 5.91 Å². The summed E-state index contributed by atoms with van der Waals surface area (Å²) < 4.78 is 12.6. The fourth-order valence-electron chi connectivity index (χ4n) is 1.89. The van der Waals surface area contributed by atoms with Gasteiger partial charge in [0.1, 0.15) is 0 Å². The van der Waals surface area contributed by atoms with Crippen molar-refractivity contribution in [3.63, 3.8) is 0 Å². The topological polar surface area (TPSA) is 81.2 Å². The molecule has 0 saturated heterocycles. The number of benzene rings is 1. The van der Waals surface area contributed by atoms with E-state index in [0.717, 1.165) is 5.56 Å². The number of hydrogen-bond donors (Lipinski definition) is 2. The number of rotatable bonds is 6. The molecule has 1 amide bonds. The summed E-state index contributed by atoms with van der Waals surface area (Å²) >= 11 is 5.01. The van der Waals surface area contributed by atoms with Crippen LogP contribution in [0.4, 0.5) is 0 Å². The summed E-state index contributed by atoms with van der Waals surface area (Å²) in [4.78, 5) is 11.9. The number of hydrogen-bond acceptors (Lipinski definition) is 5. The van der Waals surface area contributed by atoms with E-state index in [9.17, 15) is 4.79 Å². The zero-order valence-electron chi connectivity index (χ0n) is 13.1. The number of H-pyrrole nitrogens is 1. The van der Waals surface area contributed by atoms with E-state index in [2.05, 4.69) is 15.5 Å². The second-order valence-corrected chi connectivity index (χ2v) is 5.06. The van der Waals surface area contributed by atoms with E-state index in [1.54, 1.807) is 44.0 Å². The quantitative estimate of drug-likeness (QED) is 0.622. The Bertz CT molecular complexity index is 779. The number of aromatic nitrogens is 3. The van der Waals surface area contributed by atoms with Crippen LogP contribution in [0.2, 0.25) is 0 Å². The number of nitrogens with zero attached hydrogens (tertiary/aromatic N) is 2. The number of aromatic amines is 1. The average Bonchev–Trinajstić information content (AvgIpc) is 2.89. The maximum absolute atomic E-state index is 11.9. The highest BCUT2D eigenvalue weighted by Crippen LogP contribution is 2.27. The third-order valence-corrected chi connectivity index (χ3v) is 3.59. The van der Waals surface area contributed by atoms with Gasteiger partial charge < -0.3 is 19.4 Å². The zero-order chi connectivity index (χ0) is 16.8. The van der Waals surface area contributed by atoms with Crippen molar-refractivity contribution in [3.05, 3.63) is 40.4 Å². The summed E-state index contributed by atoms with van der Waals surface area (Å²) in [6.45, 7) is 0.290. The fourth-order valence-corrected chi connectivity index (χ4v) is 2.04. The first-order valence-corrected chi connectivity index (χ1v) is 7.24. The number of ether oxygens (including phenoxy) is 2. The molecule has 7 nitrogen and oxygen atoms in total. The van der Waals surface area contributed by atoms with Gasteiger partial charge in [0.25, 0.3) is 0 Å². The lowest BCUT2D eigenvalue weighted by Crippen LogP contribution is -2.22. The molecule has 0 fully saturated rings. The molecule has 2 aromatic rings. The Labute approximate surface area is 138 Å². The van der Waals surface area contributed by atoms with E-state index < -0.39 is 0 Å². The summed E-state index contributed by atoms with van der Waals surface area (Å²) in [5.41, 5.74) is 0.830. The predicted octanol–water partition coefficient (Wildman–Crippen LogP) is 1.82. The van der Waals surface area contributed by atoms with Crippen LogP contribution in [0.5, 0.6) is 11.5 Å². The van der Waals surface area contributed by atoms with Crippen molar-refractivity contribution in [1.29, 1.82) is 0 Å². The van der Waals surface area contributed by atoms with Crippen LogP contribution in [0.15, 0.2) is 24.3 Å². The molecule has 8 heteroatoms. The highest BCUT2D eigenvalue weighted by Gasteiger charge is 2.05. The van der Waals surface area contributed by atoms with Gasteiger partial charge >= 0.3 is 0 Å². The minimum atomic E-state index is -0.228. The summed E-state index contributed by atoms with van der Waals surface area (Å²) in [5.74, 6) is 1.67. The van der Waals surface area contributed by atoms with Gasteiger partial charge in [-0.25, -0.2) is 0 Å². The smallest absolute Gasteiger partial charge is 0.244 e. The van der Waals surface area contributed by atoms with Gasteiger partial charge in [-0.1, -0.05) is 6.07 Å². The molecule has 2 N–H and O–H groups in total. The number of nitrogens with one attached hydrogen (secondary N) is 2. The molecule has 0 bridgehead atoms. The molecular weight excluding hydrogens is 316 g/mol. The van der Waals surface area contributed by atoms with E-state index in [-0.39, 0.29) is 5.91 Å². The molecular formula is C15H18N4O3S. The molecule has 0 saturated carbocycles. The van der Waals surface area contributed by atoms with Gasteiger partial charge in [-0.3, -0.25) is 9.89 Å². The van der Waals surface area contributed by atoms with Gasteiger partial charge in [-0.15, -0.1) is 0 Å². The van der Waals surface area contributed by atoms with Gasteiger partial charge in [-0.2, -0.15) is 5.10 Å². The number of methoxy groups -OCH3 is 2.